The first kappa shape index (κ1) is 22.4. The first-order chi connectivity index (χ1) is 13.6. The maximum absolute atomic E-state index is 12.3. The van der Waals surface area contributed by atoms with Crippen LogP contribution in [0.25, 0.3) is 0 Å². The van der Waals surface area contributed by atoms with Gasteiger partial charge in [-0.05, 0) is 70.5 Å². The summed E-state index contributed by atoms with van der Waals surface area (Å²) in [5.74, 6) is 0.492. The third-order valence-corrected chi connectivity index (χ3v) is 3.81. The van der Waals surface area contributed by atoms with E-state index in [9.17, 15) is 9.59 Å². The second-order valence-electron chi connectivity index (χ2n) is 8.25. The van der Waals surface area contributed by atoms with Gasteiger partial charge in [0, 0.05) is 23.3 Å². The van der Waals surface area contributed by atoms with E-state index in [1.807, 2.05) is 58.9 Å². The molecule has 0 atom stereocenters. The number of hydrogen-bond acceptors (Lipinski definition) is 4. The van der Waals surface area contributed by atoms with Gasteiger partial charge in [-0.25, -0.2) is 0 Å². The molecule has 0 heterocycles. The van der Waals surface area contributed by atoms with E-state index in [1.165, 1.54) is 0 Å². The van der Waals surface area contributed by atoms with E-state index in [0.29, 0.717) is 17.8 Å². The maximum Gasteiger partial charge on any atom is 0.251 e. The molecule has 0 aliphatic rings. The SMILES string of the molecule is CC(C)Oc1ccc(CNCC(=O)Nc2cccc(C(=O)NC(C)(C)C)c2)cc1. The van der Waals surface area contributed by atoms with Crippen molar-refractivity contribution in [3.63, 3.8) is 0 Å². The van der Waals surface area contributed by atoms with Crippen LogP contribution in [0.4, 0.5) is 5.69 Å². The number of nitrogens with one attached hydrogen (secondary N) is 3. The van der Waals surface area contributed by atoms with Crippen molar-refractivity contribution >= 4 is 17.5 Å². The van der Waals surface area contributed by atoms with Crippen LogP contribution in [0.3, 0.4) is 0 Å². The van der Waals surface area contributed by atoms with Crippen molar-refractivity contribution in [1.29, 1.82) is 0 Å². The summed E-state index contributed by atoms with van der Waals surface area (Å²) >= 11 is 0. The van der Waals surface area contributed by atoms with E-state index in [4.69, 9.17) is 4.74 Å². The summed E-state index contributed by atoms with van der Waals surface area (Å²) in [5.41, 5.74) is 1.84. The summed E-state index contributed by atoms with van der Waals surface area (Å²) in [6.07, 6.45) is 0.140. The lowest BCUT2D eigenvalue weighted by molar-refractivity contribution is -0.115. The van der Waals surface area contributed by atoms with Crippen molar-refractivity contribution in [2.75, 3.05) is 11.9 Å². The molecule has 0 spiro atoms. The number of ether oxygens (including phenoxy) is 1. The van der Waals surface area contributed by atoms with E-state index >= 15 is 0 Å². The predicted molar refractivity (Wildman–Crippen MR) is 116 cm³/mol. The maximum atomic E-state index is 12.3. The first-order valence-electron chi connectivity index (χ1n) is 9.81. The quantitative estimate of drug-likeness (QED) is 0.634. The van der Waals surface area contributed by atoms with Crippen LogP contribution in [0.2, 0.25) is 0 Å². The monoisotopic (exact) mass is 397 g/mol. The third kappa shape index (κ3) is 8.35. The average molecular weight is 398 g/mol. The summed E-state index contributed by atoms with van der Waals surface area (Å²) in [4.78, 5) is 24.5. The van der Waals surface area contributed by atoms with Crippen molar-refractivity contribution in [2.45, 2.75) is 52.8 Å². The minimum absolute atomic E-state index is 0.140. The van der Waals surface area contributed by atoms with Gasteiger partial charge in [-0.15, -0.1) is 0 Å². The van der Waals surface area contributed by atoms with Gasteiger partial charge in [-0.2, -0.15) is 0 Å². The number of rotatable bonds is 8. The molecule has 6 nitrogen and oxygen atoms in total. The molecule has 0 radical (unpaired) electrons. The molecule has 0 saturated carbocycles. The molecular formula is C23H31N3O3. The molecule has 0 bridgehead atoms. The van der Waals surface area contributed by atoms with Gasteiger partial charge in [0.25, 0.3) is 5.91 Å². The average Bonchev–Trinajstić information content (AvgIpc) is 2.61. The first-order valence-corrected chi connectivity index (χ1v) is 9.81. The predicted octanol–water partition coefficient (Wildman–Crippen LogP) is 3.73. The van der Waals surface area contributed by atoms with Crippen molar-refractivity contribution in [1.82, 2.24) is 10.6 Å². The van der Waals surface area contributed by atoms with Crippen LogP contribution < -0.4 is 20.7 Å². The topological polar surface area (TPSA) is 79.5 Å². The Labute approximate surface area is 173 Å². The largest absolute Gasteiger partial charge is 0.491 e. The number of carbonyl (C=O) groups excluding carboxylic acids is 2. The molecule has 3 N–H and O–H groups in total. The smallest absolute Gasteiger partial charge is 0.251 e. The van der Waals surface area contributed by atoms with Crippen molar-refractivity contribution in [3.8, 4) is 5.75 Å². The number of amides is 2. The Balaban J connectivity index is 1.82. The summed E-state index contributed by atoms with van der Waals surface area (Å²) < 4.78 is 5.62. The Morgan fingerprint density at radius 1 is 1.03 bits per heavy atom. The Morgan fingerprint density at radius 2 is 1.72 bits per heavy atom. The lowest BCUT2D eigenvalue weighted by Crippen LogP contribution is -2.40. The van der Waals surface area contributed by atoms with Gasteiger partial charge in [-0.1, -0.05) is 18.2 Å². The molecular weight excluding hydrogens is 366 g/mol. The zero-order valence-electron chi connectivity index (χ0n) is 17.8. The second-order valence-corrected chi connectivity index (χ2v) is 8.25. The van der Waals surface area contributed by atoms with Crippen LogP contribution in [0.1, 0.15) is 50.5 Å². The molecule has 2 rings (SSSR count). The lowest BCUT2D eigenvalue weighted by Gasteiger charge is -2.20. The van der Waals surface area contributed by atoms with Gasteiger partial charge < -0.3 is 20.7 Å². The van der Waals surface area contributed by atoms with Gasteiger partial charge in [-0.3, -0.25) is 9.59 Å². The zero-order chi connectivity index (χ0) is 21.4. The van der Waals surface area contributed by atoms with Crippen LogP contribution >= 0.6 is 0 Å². The standard InChI is InChI=1S/C23H31N3O3/c1-16(2)29-20-11-9-17(10-12-20)14-24-15-21(27)25-19-8-6-7-18(13-19)22(28)26-23(3,4)5/h6-13,16,24H,14-15H2,1-5H3,(H,25,27)(H,26,28). The number of hydrogen-bond donors (Lipinski definition) is 3. The van der Waals surface area contributed by atoms with Crippen LogP contribution in [0.15, 0.2) is 48.5 Å². The molecule has 2 aromatic rings. The summed E-state index contributed by atoms with van der Waals surface area (Å²) in [5, 5.41) is 8.84. The van der Waals surface area contributed by atoms with Crippen LogP contribution in [-0.2, 0) is 11.3 Å². The van der Waals surface area contributed by atoms with Crippen LogP contribution in [-0.4, -0.2) is 30.0 Å². The molecule has 156 valence electrons. The Kier molecular flexibility index (Phi) is 7.79. The highest BCUT2D eigenvalue weighted by atomic mass is 16.5. The summed E-state index contributed by atoms with van der Waals surface area (Å²) in [6.45, 7) is 10.5. The van der Waals surface area contributed by atoms with Crippen molar-refractivity contribution in [3.05, 3.63) is 59.7 Å². The highest BCUT2D eigenvalue weighted by Crippen LogP contribution is 2.14. The Hall–Kier alpha value is -2.86. The lowest BCUT2D eigenvalue weighted by atomic mass is 10.1. The van der Waals surface area contributed by atoms with Gasteiger partial charge >= 0.3 is 0 Å². The molecule has 6 heteroatoms. The molecule has 0 aromatic heterocycles. The number of anilines is 1. The molecule has 0 saturated heterocycles. The molecule has 0 aliphatic carbocycles. The van der Waals surface area contributed by atoms with E-state index in [1.54, 1.807) is 24.3 Å². The minimum Gasteiger partial charge on any atom is -0.491 e. The highest BCUT2D eigenvalue weighted by Gasteiger charge is 2.15. The Morgan fingerprint density at radius 3 is 2.34 bits per heavy atom. The van der Waals surface area contributed by atoms with E-state index in [0.717, 1.165) is 11.3 Å². The number of carbonyl (C=O) groups is 2. The van der Waals surface area contributed by atoms with Crippen molar-refractivity contribution < 1.29 is 14.3 Å². The fraction of sp³-hybridized carbons (Fsp3) is 0.391. The van der Waals surface area contributed by atoms with Gasteiger partial charge in [0.05, 0.1) is 12.6 Å². The molecule has 0 unspecified atom stereocenters. The molecule has 29 heavy (non-hydrogen) atoms. The van der Waals surface area contributed by atoms with Gasteiger partial charge in [0.15, 0.2) is 0 Å². The van der Waals surface area contributed by atoms with E-state index in [-0.39, 0.29) is 30.0 Å². The molecule has 0 fully saturated rings. The molecule has 2 aromatic carbocycles. The summed E-state index contributed by atoms with van der Waals surface area (Å²) in [6, 6.07) is 14.7. The number of benzene rings is 2. The minimum atomic E-state index is -0.320. The third-order valence-electron chi connectivity index (χ3n) is 3.81. The van der Waals surface area contributed by atoms with E-state index < -0.39 is 0 Å². The van der Waals surface area contributed by atoms with Crippen LogP contribution in [0.5, 0.6) is 5.75 Å². The van der Waals surface area contributed by atoms with Gasteiger partial charge in [0.2, 0.25) is 5.91 Å². The second kappa shape index (κ2) is 10.1. The highest BCUT2D eigenvalue weighted by molar-refractivity contribution is 5.97. The normalized spacial score (nSPS) is 11.2. The molecule has 0 aliphatic heterocycles. The Bertz CT molecular complexity index is 824. The van der Waals surface area contributed by atoms with Gasteiger partial charge in [0.1, 0.15) is 5.75 Å². The van der Waals surface area contributed by atoms with Crippen molar-refractivity contribution in [2.24, 2.45) is 0 Å². The molecule has 2 amide bonds. The van der Waals surface area contributed by atoms with Crippen LogP contribution in [0, 0.1) is 0 Å². The fourth-order valence-corrected chi connectivity index (χ4v) is 2.63. The zero-order valence-corrected chi connectivity index (χ0v) is 17.8. The summed E-state index contributed by atoms with van der Waals surface area (Å²) in [7, 11) is 0. The van der Waals surface area contributed by atoms with E-state index in [2.05, 4.69) is 16.0 Å². The fourth-order valence-electron chi connectivity index (χ4n) is 2.63.